The van der Waals surface area contributed by atoms with Gasteiger partial charge in [0, 0.05) is 12.1 Å². The van der Waals surface area contributed by atoms with Crippen molar-refractivity contribution in [1.82, 2.24) is 10.2 Å². The zero-order valence-corrected chi connectivity index (χ0v) is 12.2. The molecule has 1 saturated heterocycles. The molecule has 0 aromatic heterocycles. The van der Waals surface area contributed by atoms with Crippen molar-refractivity contribution in [3.63, 3.8) is 0 Å². The molecule has 5 heteroatoms. The van der Waals surface area contributed by atoms with Gasteiger partial charge in [-0.05, 0) is 26.2 Å². The van der Waals surface area contributed by atoms with E-state index in [4.69, 9.17) is 0 Å². The van der Waals surface area contributed by atoms with Crippen molar-refractivity contribution in [3.8, 4) is 0 Å². The van der Waals surface area contributed by atoms with Gasteiger partial charge in [-0.3, -0.25) is 9.59 Å². The second-order valence-electron chi connectivity index (χ2n) is 5.40. The van der Waals surface area contributed by atoms with Crippen LogP contribution in [0.3, 0.4) is 0 Å². The highest BCUT2D eigenvalue weighted by molar-refractivity contribution is 5.85. The first-order valence-corrected chi connectivity index (χ1v) is 7.27. The molecule has 5 nitrogen and oxygen atoms in total. The molecule has 0 spiro atoms. The molecular formula is C14H26N2O3. The van der Waals surface area contributed by atoms with Gasteiger partial charge in [0.15, 0.2) is 0 Å². The molecule has 0 radical (unpaired) electrons. The van der Waals surface area contributed by atoms with E-state index in [9.17, 15) is 14.7 Å². The van der Waals surface area contributed by atoms with Crippen molar-refractivity contribution < 1.29 is 14.7 Å². The number of hydrogen-bond acceptors (Lipinski definition) is 3. The number of carbonyl (C=O) groups is 2. The molecule has 1 aliphatic heterocycles. The molecule has 1 aliphatic carbocycles. The van der Waals surface area contributed by atoms with E-state index < -0.39 is 12.1 Å². The molecule has 1 heterocycles. The summed E-state index contributed by atoms with van der Waals surface area (Å²) in [5.41, 5.74) is -0.159. The van der Waals surface area contributed by atoms with Crippen LogP contribution in [0.2, 0.25) is 0 Å². The van der Waals surface area contributed by atoms with E-state index in [1.54, 1.807) is 0 Å². The van der Waals surface area contributed by atoms with Crippen LogP contribution < -0.4 is 5.32 Å². The first-order chi connectivity index (χ1) is 9.06. The lowest BCUT2D eigenvalue weighted by Gasteiger charge is -2.30. The summed E-state index contributed by atoms with van der Waals surface area (Å²) in [5, 5.41) is 12.7. The number of aliphatic hydroxyl groups excluding tert-OH is 1. The lowest BCUT2D eigenvalue weighted by molar-refractivity contribution is -0.135. The van der Waals surface area contributed by atoms with Crippen molar-refractivity contribution in [2.24, 2.45) is 0 Å². The van der Waals surface area contributed by atoms with Gasteiger partial charge in [0.1, 0.15) is 6.04 Å². The summed E-state index contributed by atoms with van der Waals surface area (Å²) in [6, 6.07) is -0.704. The molecule has 2 aliphatic rings. The molecule has 0 aromatic rings. The smallest absolute Gasteiger partial charge is 0.245 e. The Hall–Kier alpha value is -1.10. The van der Waals surface area contributed by atoms with Crippen LogP contribution >= 0.6 is 0 Å². The van der Waals surface area contributed by atoms with E-state index in [1.807, 2.05) is 20.8 Å². The minimum Gasteiger partial charge on any atom is -0.390 e. The summed E-state index contributed by atoms with van der Waals surface area (Å²) in [4.78, 5) is 24.3. The molecular weight excluding hydrogens is 244 g/mol. The number of carbonyl (C=O) groups excluding carboxylic acids is 2. The monoisotopic (exact) mass is 270 g/mol. The summed E-state index contributed by atoms with van der Waals surface area (Å²) in [5.74, 6) is -0.216. The molecule has 1 saturated carbocycles. The van der Waals surface area contributed by atoms with E-state index in [0.717, 1.165) is 25.7 Å². The van der Waals surface area contributed by atoms with Gasteiger partial charge in [0.25, 0.3) is 0 Å². The Bertz CT molecular complexity index is 314. The van der Waals surface area contributed by atoms with E-state index in [1.165, 1.54) is 4.90 Å². The molecule has 0 bridgehead atoms. The highest BCUT2D eigenvalue weighted by Gasteiger charge is 2.40. The second-order valence-corrected chi connectivity index (χ2v) is 5.40. The lowest BCUT2D eigenvalue weighted by atomic mass is 9.99. The van der Waals surface area contributed by atoms with Crippen LogP contribution in [0.1, 0.15) is 52.9 Å². The molecule has 2 N–H and O–H groups in total. The van der Waals surface area contributed by atoms with Crippen LogP contribution in [0.25, 0.3) is 0 Å². The Balaban J connectivity index is 0.000000861. The third-order valence-electron chi connectivity index (χ3n) is 3.94. The lowest BCUT2D eigenvalue weighted by Crippen LogP contribution is -2.54. The highest BCUT2D eigenvalue weighted by Crippen LogP contribution is 2.29. The van der Waals surface area contributed by atoms with Gasteiger partial charge >= 0.3 is 0 Å². The van der Waals surface area contributed by atoms with Gasteiger partial charge in [0.05, 0.1) is 6.10 Å². The highest BCUT2D eigenvalue weighted by atomic mass is 16.3. The quantitative estimate of drug-likeness (QED) is 0.753. The number of amides is 2. The van der Waals surface area contributed by atoms with Crippen LogP contribution in [-0.2, 0) is 9.59 Å². The van der Waals surface area contributed by atoms with Crippen LogP contribution in [0.15, 0.2) is 0 Å². The zero-order chi connectivity index (χ0) is 14.5. The summed E-state index contributed by atoms with van der Waals surface area (Å²) in [6.45, 7) is 6.49. The SMILES string of the molecule is CC.CC1(NC(=O)C2C(O)CCN2C=O)CCCC1. The Kier molecular flexibility index (Phi) is 5.79. The summed E-state index contributed by atoms with van der Waals surface area (Å²) in [6.07, 6.45) is 4.60. The average Bonchev–Trinajstić information content (AvgIpc) is 2.98. The van der Waals surface area contributed by atoms with Crippen molar-refractivity contribution in [1.29, 1.82) is 0 Å². The number of likely N-dealkylation sites (tertiary alicyclic amines) is 1. The summed E-state index contributed by atoms with van der Waals surface area (Å²) < 4.78 is 0. The minimum atomic E-state index is -0.731. The fourth-order valence-electron chi connectivity index (χ4n) is 2.89. The molecule has 2 unspecified atom stereocenters. The molecule has 2 atom stereocenters. The van der Waals surface area contributed by atoms with Gasteiger partial charge < -0.3 is 15.3 Å². The third kappa shape index (κ3) is 3.69. The predicted octanol–water partition coefficient (Wildman–Crippen LogP) is 1.05. The van der Waals surface area contributed by atoms with Gasteiger partial charge in [-0.25, -0.2) is 0 Å². The molecule has 2 fully saturated rings. The Morgan fingerprint density at radius 3 is 2.47 bits per heavy atom. The van der Waals surface area contributed by atoms with Gasteiger partial charge in [0.2, 0.25) is 12.3 Å². The summed E-state index contributed by atoms with van der Waals surface area (Å²) >= 11 is 0. The molecule has 2 amide bonds. The van der Waals surface area contributed by atoms with Crippen molar-refractivity contribution >= 4 is 12.3 Å². The Labute approximate surface area is 115 Å². The number of hydrogen-bond donors (Lipinski definition) is 2. The van der Waals surface area contributed by atoms with Crippen LogP contribution in [0, 0.1) is 0 Å². The predicted molar refractivity (Wildman–Crippen MR) is 73.5 cm³/mol. The standard InChI is InChI=1S/C12H20N2O3.C2H6/c1-12(5-2-3-6-12)13-11(17)10-9(16)4-7-14(10)8-15;1-2/h8-10,16H,2-7H2,1H3,(H,13,17);1-2H3. The fourth-order valence-corrected chi connectivity index (χ4v) is 2.89. The van der Waals surface area contributed by atoms with Gasteiger partial charge in [-0.1, -0.05) is 26.7 Å². The topological polar surface area (TPSA) is 69.6 Å². The van der Waals surface area contributed by atoms with Crippen LogP contribution in [-0.4, -0.2) is 46.6 Å². The molecule has 2 rings (SSSR count). The van der Waals surface area contributed by atoms with Crippen molar-refractivity contribution in [2.45, 2.75) is 70.6 Å². The van der Waals surface area contributed by atoms with E-state index in [-0.39, 0.29) is 11.4 Å². The molecule has 0 aromatic carbocycles. The second kappa shape index (κ2) is 6.89. The van der Waals surface area contributed by atoms with Crippen LogP contribution in [0.5, 0.6) is 0 Å². The average molecular weight is 270 g/mol. The summed E-state index contributed by atoms with van der Waals surface area (Å²) in [7, 11) is 0. The maximum atomic E-state index is 12.1. The number of nitrogens with zero attached hydrogens (tertiary/aromatic N) is 1. The van der Waals surface area contributed by atoms with Gasteiger partial charge in [-0.2, -0.15) is 0 Å². The van der Waals surface area contributed by atoms with Gasteiger partial charge in [-0.15, -0.1) is 0 Å². The minimum absolute atomic E-state index is 0.159. The Morgan fingerprint density at radius 2 is 1.95 bits per heavy atom. The maximum Gasteiger partial charge on any atom is 0.245 e. The molecule has 19 heavy (non-hydrogen) atoms. The molecule has 110 valence electrons. The van der Waals surface area contributed by atoms with E-state index in [0.29, 0.717) is 19.4 Å². The Morgan fingerprint density at radius 1 is 1.37 bits per heavy atom. The van der Waals surface area contributed by atoms with Crippen molar-refractivity contribution in [2.75, 3.05) is 6.54 Å². The third-order valence-corrected chi connectivity index (χ3v) is 3.94. The van der Waals surface area contributed by atoms with Crippen molar-refractivity contribution in [3.05, 3.63) is 0 Å². The zero-order valence-electron chi connectivity index (χ0n) is 12.2. The first-order valence-electron chi connectivity index (χ1n) is 7.27. The first kappa shape index (κ1) is 16.0. The number of nitrogens with one attached hydrogen (secondary N) is 1. The fraction of sp³-hybridized carbons (Fsp3) is 0.857. The number of rotatable bonds is 3. The van der Waals surface area contributed by atoms with E-state index >= 15 is 0 Å². The number of aliphatic hydroxyl groups is 1. The van der Waals surface area contributed by atoms with E-state index in [2.05, 4.69) is 5.32 Å². The maximum absolute atomic E-state index is 12.1. The largest absolute Gasteiger partial charge is 0.390 e. The normalized spacial score (nSPS) is 28.5. The van der Waals surface area contributed by atoms with Crippen LogP contribution in [0.4, 0.5) is 0 Å².